The molecule has 0 bridgehead atoms. The molecular formula is C12H10ClN2O8S+. The number of nitrogens with two attached hydrogens (primary N) is 1. The highest BCUT2D eigenvalue weighted by Gasteiger charge is 2.60. The van der Waals surface area contributed by atoms with E-state index in [2.05, 4.69) is 0 Å². The van der Waals surface area contributed by atoms with Crippen LogP contribution in [0.5, 0.6) is 0 Å². The van der Waals surface area contributed by atoms with Gasteiger partial charge in [0.15, 0.2) is 18.3 Å². The van der Waals surface area contributed by atoms with E-state index in [1.165, 1.54) is 0 Å². The fourth-order valence-electron chi connectivity index (χ4n) is 2.68. The van der Waals surface area contributed by atoms with E-state index in [9.17, 15) is 33.1 Å². The topological polar surface area (TPSA) is 161 Å². The normalized spacial score (nSPS) is 29.8. The Balaban J connectivity index is 2.27. The van der Waals surface area contributed by atoms with Gasteiger partial charge in [-0.3, -0.25) is 9.59 Å². The van der Waals surface area contributed by atoms with Crippen LogP contribution >= 0.6 is 11.6 Å². The average Bonchev–Trinajstić information content (AvgIpc) is 2.46. The number of carbonyl (C=O) groups is 3. The lowest BCUT2D eigenvalue weighted by Gasteiger charge is -2.41. The number of ketones is 2. The molecule has 10 nitrogen and oxygen atoms in total. The summed E-state index contributed by atoms with van der Waals surface area (Å²) in [4.78, 5) is 35.2. The van der Waals surface area contributed by atoms with Gasteiger partial charge in [-0.15, -0.1) is 4.65 Å². The number of fused-ring (bicyclic) bond motifs is 3. The molecule has 1 aromatic carbocycles. The minimum absolute atomic E-state index is 0.303. The number of hydrogen-bond acceptors (Lipinski definition) is 8. The molecule has 1 aromatic rings. The number of esters is 1. The molecule has 3 atom stereocenters. The van der Waals surface area contributed by atoms with Crippen molar-refractivity contribution >= 4 is 44.8 Å². The average molecular weight is 378 g/mol. The van der Waals surface area contributed by atoms with E-state index in [1.54, 1.807) is 0 Å². The Morgan fingerprint density at radius 3 is 2.50 bits per heavy atom. The lowest BCUT2D eigenvalue weighted by atomic mass is 9.98. The maximum absolute atomic E-state index is 12.1. The van der Waals surface area contributed by atoms with Gasteiger partial charge in [-0.25, -0.2) is 23.6 Å². The zero-order valence-corrected chi connectivity index (χ0v) is 13.2. The van der Waals surface area contributed by atoms with Crippen molar-refractivity contribution in [3.8, 4) is 0 Å². The monoisotopic (exact) mass is 377 g/mol. The maximum Gasteiger partial charge on any atom is 0.349 e. The second kappa shape index (κ2) is 5.05. The molecule has 128 valence electrons. The highest BCUT2D eigenvalue weighted by atomic mass is 35.5. The third-order valence-electron chi connectivity index (χ3n) is 3.82. The van der Waals surface area contributed by atoms with E-state index >= 15 is 0 Å². The number of piperidine rings is 1. The first-order valence-electron chi connectivity index (χ1n) is 6.39. The molecule has 4 N–H and O–H groups in total. The van der Waals surface area contributed by atoms with Gasteiger partial charge in [0.1, 0.15) is 10.5 Å². The van der Waals surface area contributed by atoms with Gasteiger partial charge in [0.05, 0.1) is 5.02 Å². The summed E-state index contributed by atoms with van der Waals surface area (Å²) in [6, 6.07) is 1.71. The number of ether oxygens (including phenoxy) is 1. The fraction of sp³-hybridized carbons (Fsp3) is 0.250. The molecule has 0 radical (unpaired) electrons. The summed E-state index contributed by atoms with van der Waals surface area (Å²) in [5, 5.41) is 24.8. The third-order valence-corrected chi connectivity index (χ3v) is 5.19. The number of carbonyl (C=O) groups excluding carboxylic acids is 3. The number of hydroxylamine groups is 2. The SMILES string of the molecule is NS(=O)(=O)c1cc2c(cc1Cl)[N+]1(O)CC(=O)C(O)C(=O)C1OC2=O. The van der Waals surface area contributed by atoms with E-state index in [1.807, 2.05) is 0 Å². The standard InChI is InChI=1S/C12H10ClN2O8S/c13-5-2-6-4(1-8(5)24(14,21)22)12(19)23-11-10(18)9(17)7(16)3-15(6,11)20/h1-2,9,11,17,20H,3H2,(H2,14,21,22)/q+1. The molecule has 1 fully saturated rings. The smallest absolute Gasteiger partial charge is 0.349 e. The zero-order valence-electron chi connectivity index (χ0n) is 11.7. The molecule has 0 saturated carbocycles. The first-order chi connectivity index (χ1) is 11.0. The number of nitrogens with zero attached hydrogens (tertiary/aromatic N) is 1. The summed E-state index contributed by atoms with van der Waals surface area (Å²) in [6.45, 7) is -0.775. The van der Waals surface area contributed by atoms with E-state index < -0.39 is 66.6 Å². The largest absolute Gasteiger partial charge is 0.397 e. The third kappa shape index (κ3) is 2.25. The van der Waals surface area contributed by atoms with Crippen molar-refractivity contribution in [1.29, 1.82) is 0 Å². The predicted molar refractivity (Wildman–Crippen MR) is 76.5 cm³/mol. The Labute approximate surface area is 139 Å². The van der Waals surface area contributed by atoms with Crippen molar-refractivity contribution in [3.63, 3.8) is 0 Å². The van der Waals surface area contributed by atoms with Crippen LogP contribution in [0.1, 0.15) is 10.4 Å². The van der Waals surface area contributed by atoms with Crippen molar-refractivity contribution in [2.24, 2.45) is 5.14 Å². The molecule has 3 rings (SSSR count). The van der Waals surface area contributed by atoms with Crippen LogP contribution in [0, 0.1) is 0 Å². The number of primary sulfonamides is 1. The fourth-order valence-corrected chi connectivity index (χ4v) is 3.77. The number of halogens is 1. The Kier molecular flexibility index (Phi) is 3.57. The molecule has 0 amide bonds. The molecular weight excluding hydrogens is 368 g/mol. The summed E-state index contributed by atoms with van der Waals surface area (Å²) in [5.74, 6) is -3.32. The van der Waals surface area contributed by atoms with Gasteiger partial charge in [0.2, 0.25) is 15.8 Å². The van der Waals surface area contributed by atoms with Crippen LogP contribution in [0.15, 0.2) is 17.0 Å². The van der Waals surface area contributed by atoms with E-state index in [0.717, 1.165) is 12.1 Å². The van der Waals surface area contributed by atoms with Crippen LogP contribution < -0.4 is 9.79 Å². The molecule has 24 heavy (non-hydrogen) atoms. The Morgan fingerprint density at radius 1 is 1.29 bits per heavy atom. The van der Waals surface area contributed by atoms with Crippen LogP contribution in [0.25, 0.3) is 0 Å². The number of aliphatic hydroxyl groups is 1. The van der Waals surface area contributed by atoms with Gasteiger partial charge < -0.3 is 9.84 Å². The van der Waals surface area contributed by atoms with Crippen molar-refractivity contribution < 1.29 is 37.9 Å². The number of quaternary nitrogens is 1. The summed E-state index contributed by atoms with van der Waals surface area (Å²) in [6.07, 6.45) is -3.89. The molecule has 2 aliphatic rings. The maximum atomic E-state index is 12.1. The lowest BCUT2D eigenvalue weighted by Crippen LogP contribution is -2.71. The molecule has 2 aliphatic heterocycles. The first-order valence-corrected chi connectivity index (χ1v) is 8.32. The summed E-state index contributed by atoms with van der Waals surface area (Å²) < 4.78 is 26.3. The van der Waals surface area contributed by atoms with Crippen LogP contribution in [0.2, 0.25) is 5.02 Å². The Bertz CT molecular complexity index is 914. The van der Waals surface area contributed by atoms with Gasteiger partial charge >= 0.3 is 12.2 Å². The van der Waals surface area contributed by atoms with E-state index in [4.69, 9.17) is 21.5 Å². The molecule has 3 unspecified atom stereocenters. The number of sulfonamides is 1. The van der Waals surface area contributed by atoms with Crippen molar-refractivity contribution in [3.05, 3.63) is 22.7 Å². The molecule has 0 aromatic heterocycles. The molecule has 2 heterocycles. The minimum atomic E-state index is -4.27. The quantitative estimate of drug-likeness (QED) is 0.309. The van der Waals surface area contributed by atoms with Crippen molar-refractivity contribution in [1.82, 2.24) is 4.65 Å². The van der Waals surface area contributed by atoms with Gasteiger partial charge in [-0.1, -0.05) is 11.6 Å². The number of benzene rings is 1. The zero-order chi connectivity index (χ0) is 18.0. The first kappa shape index (κ1) is 17.0. The van der Waals surface area contributed by atoms with E-state index in [-0.39, 0.29) is 5.69 Å². The Morgan fingerprint density at radius 2 is 1.92 bits per heavy atom. The van der Waals surface area contributed by atoms with Crippen molar-refractivity contribution in [2.45, 2.75) is 17.2 Å². The van der Waals surface area contributed by atoms with Crippen LogP contribution in [-0.4, -0.2) is 55.1 Å². The van der Waals surface area contributed by atoms with Gasteiger partial charge in [-0.2, -0.15) is 0 Å². The van der Waals surface area contributed by atoms with E-state index in [0.29, 0.717) is 0 Å². The number of hydrogen-bond donors (Lipinski definition) is 3. The van der Waals surface area contributed by atoms with Crippen LogP contribution in [0.3, 0.4) is 0 Å². The number of rotatable bonds is 1. The predicted octanol–water partition coefficient (Wildman–Crippen LogP) is -1.31. The highest BCUT2D eigenvalue weighted by Crippen LogP contribution is 2.40. The minimum Gasteiger partial charge on any atom is -0.397 e. The summed E-state index contributed by atoms with van der Waals surface area (Å²) in [7, 11) is -4.27. The highest BCUT2D eigenvalue weighted by molar-refractivity contribution is 7.89. The van der Waals surface area contributed by atoms with Gasteiger partial charge in [0, 0.05) is 6.07 Å². The summed E-state index contributed by atoms with van der Waals surface area (Å²) in [5.41, 5.74) is -0.721. The second-order valence-electron chi connectivity index (χ2n) is 5.36. The number of aliphatic hydroxyl groups excluding tert-OH is 1. The second-order valence-corrected chi connectivity index (χ2v) is 7.30. The summed E-state index contributed by atoms with van der Waals surface area (Å²) >= 11 is 5.84. The van der Waals surface area contributed by atoms with Crippen molar-refractivity contribution in [2.75, 3.05) is 6.54 Å². The molecule has 0 spiro atoms. The van der Waals surface area contributed by atoms with Gasteiger partial charge in [0.25, 0.3) is 5.78 Å². The van der Waals surface area contributed by atoms with Gasteiger partial charge in [-0.05, 0) is 6.07 Å². The Hall–Kier alpha value is -1.89. The number of Topliss-reactive ketones (excluding diaryl/α,β-unsaturated/α-hetero) is 2. The van der Waals surface area contributed by atoms with Crippen LogP contribution in [0.4, 0.5) is 5.69 Å². The lowest BCUT2D eigenvalue weighted by molar-refractivity contribution is -0.211. The van der Waals surface area contributed by atoms with Crippen LogP contribution in [-0.2, 0) is 24.3 Å². The molecule has 0 aliphatic carbocycles. The molecule has 1 saturated heterocycles. The molecule has 12 heteroatoms.